The van der Waals surface area contributed by atoms with Crippen molar-refractivity contribution in [3.8, 4) is 0 Å². The van der Waals surface area contributed by atoms with E-state index in [4.69, 9.17) is 5.73 Å². The number of nitrogens with two attached hydrogens (primary N) is 1. The van der Waals surface area contributed by atoms with E-state index in [0.717, 1.165) is 5.56 Å². The molecule has 0 spiro atoms. The molecule has 0 radical (unpaired) electrons. The molecule has 2 amide bonds. The van der Waals surface area contributed by atoms with Crippen molar-refractivity contribution in [3.63, 3.8) is 0 Å². The molecule has 4 N–H and O–H groups in total. The number of rotatable bonds is 5. The van der Waals surface area contributed by atoms with E-state index in [1.807, 2.05) is 18.2 Å². The minimum Gasteiger partial charge on any atom is -0.359 e. The van der Waals surface area contributed by atoms with Gasteiger partial charge in [0.2, 0.25) is 11.8 Å². The maximum atomic E-state index is 11.6. The van der Waals surface area contributed by atoms with Gasteiger partial charge in [0.25, 0.3) is 0 Å². The van der Waals surface area contributed by atoms with Gasteiger partial charge in [-0.25, -0.2) is 0 Å². The third-order valence-corrected chi connectivity index (χ3v) is 2.37. The fourth-order valence-electron chi connectivity index (χ4n) is 1.35. The second kappa shape index (κ2) is 6.65. The van der Waals surface area contributed by atoms with Crippen molar-refractivity contribution in [2.24, 2.45) is 5.73 Å². The summed E-state index contributed by atoms with van der Waals surface area (Å²) in [5.74, 6) is -0.390. The van der Waals surface area contributed by atoms with E-state index in [1.165, 1.54) is 0 Å². The first-order valence-corrected chi connectivity index (χ1v) is 5.44. The quantitative estimate of drug-likeness (QED) is 0.668. The van der Waals surface area contributed by atoms with E-state index in [0.29, 0.717) is 6.54 Å². The van der Waals surface area contributed by atoms with Crippen LogP contribution in [0.15, 0.2) is 30.3 Å². The summed E-state index contributed by atoms with van der Waals surface area (Å²) in [5, 5.41) is 5.10. The lowest BCUT2D eigenvalue weighted by atomic mass is 10.1. The van der Waals surface area contributed by atoms with Crippen molar-refractivity contribution in [2.45, 2.75) is 12.5 Å². The topological polar surface area (TPSA) is 84.2 Å². The molecule has 1 aromatic rings. The normalized spacial score (nSPS) is 11.6. The summed E-state index contributed by atoms with van der Waals surface area (Å²) >= 11 is 0. The van der Waals surface area contributed by atoms with E-state index in [-0.39, 0.29) is 18.2 Å². The maximum Gasteiger partial charge on any atom is 0.241 e. The first-order chi connectivity index (χ1) is 8.15. The van der Waals surface area contributed by atoms with Crippen LogP contribution in [-0.2, 0) is 9.59 Å². The highest BCUT2D eigenvalue weighted by molar-refractivity contribution is 5.83. The molecule has 0 saturated heterocycles. The molecule has 0 aliphatic rings. The molecule has 0 fully saturated rings. The van der Waals surface area contributed by atoms with Crippen LogP contribution in [0, 0.1) is 0 Å². The summed E-state index contributed by atoms with van der Waals surface area (Å²) in [5.41, 5.74) is 6.53. The summed E-state index contributed by atoms with van der Waals surface area (Å²) in [4.78, 5) is 22.6. The Morgan fingerprint density at radius 3 is 2.53 bits per heavy atom. The van der Waals surface area contributed by atoms with E-state index in [1.54, 1.807) is 19.2 Å². The van der Waals surface area contributed by atoms with Gasteiger partial charge in [0, 0.05) is 20.0 Å². The average Bonchev–Trinajstić information content (AvgIpc) is 2.38. The van der Waals surface area contributed by atoms with E-state index >= 15 is 0 Å². The van der Waals surface area contributed by atoms with Crippen LogP contribution >= 0.6 is 0 Å². The lowest BCUT2D eigenvalue weighted by Crippen LogP contribution is -2.36. The molecule has 5 nitrogen and oxygen atoms in total. The number of nitrogens with one attached hydrogen (secondary N) is 2. The van der Waals surface area contributed by atoms with Gasteiger partial charge in [-0.05, 0) is 5.56 Å². The zero-order chi connectivity index (χ0) is 12.7. The molecule has 1 aromatic carbocycles. The van der Waals surface area contributed by atoms with Gasteiger partial charge in [-0.1, -0.05) is 30.3 Å². The maximum absolute atomic E-state index is 11.6. The van der Waals surface area contributed by atoms with Crippen molar-refractivity contribution in [3.05, 3.63) is 35.9 Å². The molecule has 0 bridgehead atoms. The van der Waals surface area contributed by atoms with E-state index in [9.17, 15) is 9.59 Å². The van der Waals surface area contributed by atoms with Crippen LogP contribution in [-0.4, -0.2) is 25.4 Å². The second-order valence-corrected chi connectivity index (χ2v) is 3.60. The highest BCUT2D eigenvalue weighted by Gasteiger charge is 2.14. The predicted octanol–water partition coefficient (Wildman–Crippen LogP) is -0.0613. The minimum atomic E-state index is -0.694. The Hall–Kier alpha value is -1.88. The Morgan fingerprint density at radius 2 is 1.94 bits per heavy atom. The molecular formula is C12H17N3O2. The Kier molecular flexibility index (Phi) is 5.16. The number of carbonyl (C=O) groups is 2. The van der Waals surface area contributed by atoms with Gasteiger partial charge >= 0.3 is 0 Å². The van der Waals surface area contributed by atoms with Gasteiger partial charge in [0.05, 0.1) is 0 Å². The number of hydrogen-bond donors (Lipinski definition) is 3. The van der Waals surface area contributed by atoms with Crippen molar-refractivity contribution in [1.82, 2.24) is 10.6 Å². The second-order valence-electron chi connectivity index (χ2n) is 3.60. The van der Waals surface area contributed by atoms with Crippen LogP contribution in [0.3, 0.4) is 0 Å². The zero-order valence-corrected chi connectivity index (χ0v) is 9.77. The molecule has 0 aliphatic carbocycles. The molecule has 92 valence electrons. The first-order valence-electron chi connectivity index (χ1n) is 5.44. The smallest absolute Gasteiger partial charge is 0.241 e. The lowest BCUT2D eigenvalue weighted by Gasteiger charge is -2.12. The largest absolute Gasteiger partial charge is 0.359 e. The third-order valence-electron chi connectivity index (χ3n) is 2.37. The van der Waals surface area contributed by atoms with Crippen molar-refractivity contribution < 1.29 is 9.59 Å². The number of benzene rings is 1. The SMILES string of the molecule is CNC(=O)CCNC(=O)[C@@H](N)c1ccccc1. The van der Waals surface area contributed by atoms with Gasteiger partial charge in [-0.3, -0.25) is 9.59 Å². The zero-order valence-electron chi connectivity index (χ0n) is 9.77. The van der Waals surface area contributed by atoms with Crippen LogP contribution in [0.4, 0.5) is 0 Å². The van der Waals surface area contributed by atoms with E-state index < -0.39 is 6.04 Å². The predicted molar refractivity (Wildman–Crippen MR) is 65.1 cm³/mol. The number of hydrogen-bond acceptors (Lipinski definition) is 3. The Bertz CT molecular complexity index is 379. The molecule has 17 heavy (non-hydrogen) atoms. The Morgan fingerprint density at radius 1 is 1.29 bits per heavy atom. The first kappa shape index (κ1) is 13.2. The molecule has 0 saturated carbocycles. The van der Waals surface area contributed by atoms with Gasteiger partial charge < -0.3 is 16.4 Å². The standard InChI is InChI=1S/C12H17N3O2/c1-14-10(16)7-8-15-12(17)11(13)9-5-3-2-4-6-9/h2-6,11H,7-8,13H2,1H3,(H,14,16)(H,15,17)/t11-/m0/s1. The van der Waals surface area contributed by atoms with Crippen LogP contribution in [0.5, 0.6) is 0 Å². The fraction of sp³-hybridized carbons (Fsp3) is 0.333. The molecule has 1 atom stereocenters. The van der Waals surface area contributed by atoms with Crippen LogP contribution in [0.25, 0.3) is 0 Å². The number of amides is 2. The molecule has 0 unspecified atom stereocenters. The summed E-state index contributed by atoms with van der Waals surface area (Å²) < 4.78 is 0. The summed E-state index contributed by atoms with van der Waals surface area (Å²) in [7, 11) is 1.56. The van der Waals surface area contributed by atoms with Crippen molar-refractivity contribution >= 4 is 11.8 Å². The molecule has 0 heterocycles. The van der Waals surface area contributed by atoms with Crippen LogP contribution in [0.2, 0.25) is 0 Å². The van der Waals surface area contributed by atoms with Crippen LogP contribution < -0.4 is 16.4 Å². The van der Waals surface area contributed by atoms with E-state index in [2.05, 4.69) is 10.6 Å². The molecule has 5 heteroatoms. The van der Waals surface area contributed by atoms with Gasteiger partial charge in [0.15, 0.2) is 0 Å². The fourth-order valence-corrected chi connectivity index (χ4v) is 1.35. The Labute approximate surface area is 100 Å². The van der Waals surface area contributed by atoms with Gasteiger partial charge in [-0.15, -0.1) is 0 Å². The molecule has 1 rings (SSSR count). The highest BCUT2D eigenvalue weighted by Crippen LogP contribution is 2.08. The lowest BCUT2D eigenvalue weighted by molar-refractivity contribution is -0.123. The Balaban J connectivity index is 2.40. The minimum absolute atomic E-state index is 0.112. The molecule has 0 aliphatic heterocycles. The van der Waals surface area contributed by atoms with Crippen molar-refractivity contribution in [1.29, 1.82) is 0 Å². The van der Waals surface area contributed by atoms with Gasteiger partial charge in [-0.2, -0.15) is 0 Å². The number of carbonyl (C=O) groups excluding carboxylic acids is 2. The average molecular weight is 235 g/mol. The molecule has 0 aromatic heterocycles. The van der Waals surface area contributed by atoms with Gasteiger partial charge in [0.1, 0.15) is 6.04 Å². The van der Waals surface area contributed by atoms with Crippen molar-refractivity contribution in [2.75, 3.05) is 13.6 Å². The highest BCUT2D eigenvalue weighted by atomic mass is 16.2. The summed E-state index contributed by atoms with van der Waals surface area (Å²) in [6.45, 7) is 0.291. The summed E-state index contributed by atoms with van der Waals surface area (Å²) in [6, 6.07) is 8.41. The third kappa shape index (κ3) is 4.24. The monoisotopic (exact) mass is 235 g/mol. The molecular weight excluding hydrogens is 218 g/mol. The summed E-state index contributed by atoms with van der Waals surface area (Å²) in [6.07, 6.45) is 0.254. The van der Waals surface area contributed by atoms with Crippen LogP contribution in [0.1, 0.15) is 18.0 Å².